The molecule has 0 radical (unpaired) electrons. The maximum absolute atomic E-state index is 13.7. The fraction of sp³-hybridized carbons (Fsp3) is 0.667. The Morgan fingerprint density at radius 3 is 2.09 bits per heavy atom. The third kappa shape index (κ3) is 16.2. The molecule has 250 valence electrons. The maximum Gasteiger partial charge on any atom is 0.328 e. The highest BCUT2D eigenvalue weighted by molar-refractivity contribution is 5.92. The summed E-state index contributed by atoms with van der Waals surface area (Å²) in [5.41, 5.74) is 11.8. The molecule has 0 bridgehead atoms. The highest BCUT2D eigenvalue weighted by Crippen LogP contribution is 2.22. The number of esters is 1. The van der Waals surface area contributed by atoms with Gasteiger partial charge in [-0.05, 0) is 55.2 Å². The average molecular weight is 639 g/mol. The molecule has 6 N–H and O–H groups in total. The molecule has 0 aliphatic heterocycles. The first-order chi connectivity index (χ1) is 20.4. The second kappa shape index (κ2) is 22.5. The summed E-state index contributed by atoms with van der Waals surface area (Å²) < 4.78 is 5.38. The van der Waals surface area contributed by atoms with Crippen LogP contribution in [0.25, 0.3) is 0 Å². The Balaban J connectivity index is 0.0000185. The molecule has 0 saturated carbocycles. The fourth-order valence-electron chi connectivity index (χ4n) is 4.57. The van der Waals surface area contributed by atoms with Gasteiger partial charge < -0.3 is 26.8 Å². The van der Waals surface area contributed by atoms with Gasteiger partial charge in [-0.1, -0.05) is 72.4 Å². The third-order valence-corrected chi connectivity index (χ3v) is 7.79. The predicted molar refractivity (Wildman–Crippen MR) is 175 cm³/mol. The molecule has 4 atom stereocenters. The average Bonchev–Trinajstić information content (AvgIpc) is 2.97. The van der Waals surface area contributed by atoms with Crippen molar-refractivity contribution in [1.82, 2.24) is 10.6 Å². The number of unbranched alkanes of at least 4 members (excludes halogenated alkanes) is 4. The number of ether oxygens (including phenoxy) is 1. The Morgan fingerprint density at radius 2 is 1.52 bits per heavy atom. The van der Waals surface area contributed by atoms with Crippen LogP contribution < -0.4 is 26.8 Å². The number of benzene rings is 1. The number of carbonyl (C=O) groups is 5. The van der Waals surface area contributed by atoms with Gasteiger partial charge in [0.15, 0.2) is 5.78 Å². The zero-order valence-corrected chi connectivity index (χ0v) is 28.0. The zero-order valence-electron chi connectivity index (χ0n) is 27.2. The second-order valence-electron chi connectivity index (χ2n) is 11.8. The number of nitrogens with one attached hydrogen (secondary N) is 2. The number of ketones is 1. The summed E-state index contributed by atoms with van der Waals surface area (Å²) in [6.07, 6.45) is 6.41. The number of halogens is 1. The largest absolute Gasteiger partial charge is 0.425 e. The van der Waals surface area contributed by atoms with E-state index < -0.39 is 24.0 Å². The van der Waals surface area contributed by atoms with E-state index in [1.807, 2.05) is 27.7 Å². The van der Waals surface area contributed by atoms with Gasteiger partial charge in [0.05, 0.1) is 6.04 Å². The first-order valence-electron chi connectivity index (χ1n) is 15.8. The van der Waals surface area contributed by atoms with Crippen LogP contribution in [0.2, 0.25) is 0 Å². The van der Waals surface area contributed by atoms with E-state index in [1.54, 1.807) is 24.3 Å². The van der Waals surface area contributed by atoms with E-state index in [1.165, 1.54) is 0 Å². The molecule has 0 aliphatic rings. The summed E-state index contributed by atoms with van der Waals surface area (Å²) in [5.74, 6) is -1.72. The van der Waals surface area contributed by atoms with Gasteiger partial charge in [0.2, 0.25) is 17.7 Å². The SMILES string of the molecule is CCCCCC(=O)N[C@@H](Cc1ccc(OC(=O)[C@@H](N)C(C)C)cc1)C(=O)C[C@H](C(=O)NCCCCCC(N)=O)[C@@H](C)CC.Cl. The minimum absolute atomic E-state index is 0. The lowest BCUT2D eigenvalue weighted by Crippen LogP contribution is -2.45. The molecule has 0 fully saturated rings. The van der Waals surface area contributed by atoms with Crippen LogP contribution in [-0.4, -0.2) is 48.1 Å². The van der Waals surface area contributed by atoms with Crippen molar-refractivity contribution in [2.45, 2.75) is 117 Å². The molecule has 0 aliphatic carbocycles. The summed E-state index contributed by atoms with van der Waals surface area (Å²) in [6.45, 7) is 10.1. The van der Waals surface area contributed by atoms with Crippen molar-refractivity contribution >= 4 is 41.9 Å². The van der Waals surface area contributed by atoms with Crippen LogP contribution in [0.4, 0.5) is 0 Å². The van der Waals surface area contributed by atoms with Crippen LogP contribution in [0.15, 0.2) is 24.3 Å². The van der Waals surface area contributed by atoms with Gasteiger partial charge in [-0.3, -0.25) is 19.2 Å². The van der Waals surface area contributed by atoms with E-state index in [0.29, 0.717) is 38.0 Å². The molecule has 0 aromatic heterocycles. The Hall–Kier alpha value is -2.98. The minimum Gasteiger partial charge on any atom is -0.425 e. The van der Waals surface area contributed by atoms with Crippen LogP contribution >= 0.6 is 12.4 Å². The molecular weight excluding hydrogens is 584 g/mol. The Morgan fingerprint density at radius 1 is 0.886 bits per heavy atom. The molecule has 3 amide bonds. The normalized spacial score (nSPS) is 13.6. The maximum atomic E-state index is 13.7. The van der Waals surface area contributed by atoms with Crippen molar-refractivity contribution < 1.29 is 28.7 Å². The lowest BCUT2D eigenvalue weighted by molar-refractivity contribution is -0.137. The number of carbonyl (C=O) groups excluding carboxylic acids is 5. The molecule has 44 heavy (non-hydrogen) atoms. The van der Waals surface area contributed by atoms with Gasteiger partial charge in [0.25, 0.3) is 0 Å². The Kier molecular flexibility index (Phi) is 21.0. The van der Waals surface area contributed by atoms with Crippen molar-refractivity contribution in [2.75, 3.05) is 6.54 Å². The van der Waals surface area contributed by atoms with Crippen molar-refractivity contribution in [2.24, 2.45) is 29.2 Å². The van der Waals surface area contributed by atoms with Gasteiger partial charge in [-0.15, -0.1) is 12.4 Å². The molecule has 0 saturated heterocycles. The number of rotatable bonds is 22. The van der Waals surface area contributed by atoms with Crippen molar-refractivity contribution in [3.8, 4) is 5.75 Å². The summed E-state index contributed by atoms with van der Waals surface area (Å²) in [4.78, 5) is 62.7. The first-order valence-corrected chi connectivity index (χ1v) is 15.8. The third-order valence-electron chi connectivity index (χ3n) is 7.79. The highest BCUT2D eigenvalue weighted by atomic mass is 35.5. The van der Waals surface area contributed by atoms with E-state index in [2.05, 4.69) is 17.6 Å². The van der Waals surface area contributed by atoms with Crippen LogP contribution in [-0.2, 0) is 30.4 Å². The lowest BCUT2D eigenvalue weighted by Gasteiger charge is -2.25. The number of amides is 3. The Bertz CT molecular complexity index is 1030. The molecule has 10 nitrogen and oxygen atoms in total. The van der Waals surface area contributed by atoms with E-state index in [0.717, 1.165) is 37.7 Å². The number of hydrogen-bond acceptors (Lipinski definition) is 7. The molecule has 1 aromatic carbocycles. The highest BCUT2D eigenvalue weighted by Gasteiger charge is 2.30. The van der Waals surface area contributed by atoms with Gasteiger partial charge in [0, 0.05) is 31.7 Å². The zero-order chi connectivity index (χ0) is 32.4. The van der Waals surface area contributed by atoms with Gasteiger partial charge >= 0.3 is 5.97 Å². The lowest BCUT2D eigenvalue weighted by atomic mass is 9.84. The molecule has 0 heterocycles. The summed E-state index contributed by atoms with van der Waals surface area (Å²) in [6, 6.07) is 5.26. The molecule has 0 spiro atoms. The van der Waals surface area contributed by atoms with Gasteiger partial charge in [0.1, 0.15) is 11.8 Å². The topological polar surface area (TPSA) is 171 Å². The van der Waals surface area contributed by atoms with Crippen molar-refractivity contribution in [1.29, 1.82) is 0 Å². The summed E-state index contributed by atoms with van der Waals surface area (Å²) in [5, 5.41) is 5.86. The molecule has 1 aromatic rings. The summed E-state index contributed by atoms with van der Waals surface area (Å²) >= 11 is 0. The van der Waals surface area contributed by atoms with Crippen molar-refractivity contribution in [3.63, 3.8) is 0 Å². The number of primary amides is 1. The van der Waals surface area contributed by atoms with E-state index in [9.17, 15) is 24.0 Å². The van der Waals surface area contributed by atoms with Crippen LogP contribution in [0.5, 0.6) is 5.75 Å². The minimum atomic E-state index is -0.801. The van der Waals surface area contributed by atoms with Crippen LogP contribution in [0.3, 0.4) is 0 Å². The monoisotopic (exact) mass is 638 g/mol. The molecule has 0 unspecified atom stereocenters. The van der Waals surface area contributed by atoms with Crippen LogP contribution in [0, 0.1) is 17.8 Å². The smallest absolute Gasteiger partial charge is 0.328 e. The van der Waals surface area contributed by atoms with Crippen molar-refractivity contribution in [3.05, 3.63) is 29.8 Å². The first kappa shape index (κ1) is 41.0. The van der Waals surface area contributed by atoms with E-state index in [4.69, 9.17) is 16.2 Å². The van der Waals surface area contributed by atoms with E-state index in [-0.39, 0.29) is 60.6 Å². The Labute approximate surface area is 269 Å². The molecule has 1 rings (SSSR count). The van der Waals surface area contributed by atoms with Gasteiger partial charge in [-0.2, -0.15) is 0 Å². The standard InChI is InChI=1S/C33H54N4O6.ClH/c1-6-8-10-14-30(40)37-27(20-24-15-17-25(18-16-24)43-33(42)31(35)22(3)4)28(38)21-26(23(5)7-2)32(41)36-19-12-9-11-13-29(34)39;/h15-18,22-23,26-27,31H,6-14,19-21,35H2,1-5H3,(H2,34,39)(H,36,41)(H,37,40);1H/t23-,26-,27-,31-;/m0./s1. The second-order valence-corrected chi connectivity index (χ2v) is 11.8. The van der Waals surface area contributed by atoms with Crippen LogP contribution in [0.1, 0.15) is 104 Å². The molecular formula is C33H55ClN4O6. The number of hydrogen-bond donors (Lipinski definition) is 4. The fourth-order valence-corrected chi connectivity index (χ4v) is 4.57. The summed E-state index contributed by atoms with van der Waals surface area (Å²) in [7, 11) is 0. The van der Waals surface area contributed by atoms with E-state index >= 15 is 0 Å². The van der Waals surface area contributed by atoms with Gasteiger partial charge in [-0.25, -0.2) is 4.79 Å². The quantitative estimate of drug-likeness (QED) is 0.0829. The predicted octanol–water partition coefficient (Wildman–Crippen LogP) is 4.39. The number of nitrogens with two attached hydrogens (primary N) is 2. The number of Topliss-reactive ketones (excluding diaryl/α,β-unsaturated/α-hetero) is 1. The molecule has 11 heteroatoms.